The van der Waals surface area contributed by atoms with Gasteiger partial charge in [0.2, 0.25) is 0 Å². The van der Waals surface area contributed by atoms with E-state index in [1.54, 1.807) is 30.3 Å². The summed E-state index contributed by atoms with van der Waals surface area (Å²) in [7, 11) is 0. The average molecular weight is 492 g/mol. The summed E-state index contributed by atoms with van der Waals surface area (Å²) in [5.74, 6) is -0.325. The lowest BCUT2D eigenvalue weighted by Crippen LogP contribution is -2.50. The molecule has 2 atom stereocenters. The van der Waals surface area contributed by atoms with Crippen LogP contribution >= 0.6 is 15.9 Å². The van der Waals surface area contributed by atoms with Gasteiger partial charge < -0.3 is 19.5 Å². The van der Waals surface area contributed by atoms with Gasteiger partial charge in [0, 0.05) is 35.0 Å². The third-order valence-corrected chi connectivity index (χ3v) is 6.30. The highest BCUT2D eigenvalue weighted by Gasteiger charge is 2.44. The van der Waals surface area contributed by atoms with Gasteiger partial charge in [0.05, 0.1) is 6.42 Å². The maximum atomic E-state index is 13.1. The van der Waals surface area contributed by atoms with Crippen molar-refractivity contribution in [1.82, 2.24) is 4.90 Å². The highest BCUT2D eigenvalue weighted by Crippen LogP contribution is 2.37. The fourth-order valence-electron chi connectivity index (χ4n) is 4.54. The number of aliphatic carboxylic acids is 1. The van der Waals surface area contributed by atoms with E-state index < -0.39 is 5.97 Å². The van der Waals surface area contributed by atoms with E-state index in [1.165, 1.54) is 12.1 Å². The minimum Gasteiger partial charge on any atom is -0.490 e. The number of carboxylic acids is 1. The summed E-state index contributed by atoms with van der Waals surface area (Å²) < 4.78 is 25.6. The summed E-state index contributed by atoms with van der Waals surface area (Å²) in [5, 5.41) is 9.11. The monoisotopic (exact) mass is 491 g/mol. The Balaban J connectivity index is 1.36. The van der Waals surface area contributed by atoms with Crippen molar-refractivity contribution in [2.24, 2.45) is 0 Å². The standard InChI is InChI=1S/C23H23BrFNO5/c24-15-1-8-21(14(9-15)10-23(28)29)30-13-22(27)26-17-4-5-18(26)12-20(11-17)31-19-6-2-16(25)3-7-19/h1-3,6-9,17-18,20H,4-5,10-13H2,(H,28,29). The van der Waals surface area contributed by atoms with E-state index in [0.717, 1.165) is 30.2 Å². The zero-order chi connectivity index (χ0) is 22.0. The van der Waals surface area contributed by atoms with Crippen molar-refractivity contribution in [3.8, 4) is 11.5 Å². The van der Waals surface area contributed by atoms with Crippen molar-refractivity contribution >= 4 is 27.8 Å². The summed E-state index contributed by atoms with van der Waals surface area (Å²) in [6, 6.07) is 11.3. The van der Waals surface area contributed by atoms with Crippen LogP contribution in [0.5, 0.6) is 11.5 Å². The lowest BCUT2D eigenvalue weighted by Gasteiger charge is -2.38. The first kappa shape index (κ1) is 21.6. The molecule has 0 spiro atoms. The lowest BCUT2D eigenvalue weighted by molar-refractivity contribution is -0.139. The van der Waals surface area contributed by atoms with Gasteiger partial charge in [-0.1, -0.05) is 15.9 Å². The van der Waals surface area contributed by atoms with Crippen molar-refractivity contribution in [3.05, 3.63) is 58.3 Å². The Bertz CT molecular complexity index is 953. The number of benzene rings is 2. The predicted octanol–water partition coefficient (Wildman–Crippen LogP) is 4.20. The number of nitrogens with zero attached hydrogens (tertiary/aromatic N) is 1. The van der Waals surface area contributed by atoms with Gasteiger partial charge in [0.25, 0.3) is 5.91 Å². The van der Waals surface area contributed by atoms with Gasteiger partial charge in [-0.25, -0.2) is 4.39 Å². The Morgan fingerprint density at radius 2 is 1.77 bits per heavy atom. The van der Waals surface area contributed by atoms with Gasteiger partial charge in [-0.3, -0.25) is 9.59 Å². The summed E-state index contributed by atoms with van der Waals surface area (Å²) >= 11 is 3.33. The second-order valence-electron chi connectivity index (χ2n) is 7.96. The van der Waals surface area contributed by atoms with Crippen LogP contribution in [0.15, 0.2) is 46.9 Å². The smallest absolute Gasteiger partial charge is 0.307 e. The molecular formula is C23H23BrFNO5. The number of piperidine rings is 1. The van der Waals surface area contributed by atoms with Gasteiger partial charge in [0.1, 0.15) is 23.4 Å². The van der Waals surface area contributed by atoms with Crippen LogP contribution in [0.3, 0.4) is 0 Å². The van der Waals surface area contributed by atoms with E-state index in [2.05, 4.69) is 15.9 Å². The number of hydrogen-bond acceptors (Lipinski definition) is 4. The molecule has 31 heavy (non-hydrogen) atoms. The predicted molar refractivity (Wildman–Crippen MR) is 115 cm³/mol. The van der Waals surface area contributed by atoms with Crippen LogP contribution in [-0.4, -0.2) is 46.7 Å². The first-order valence-electron chi connectivity index (χ1n) is 10.3. The van der Waals surface area contributed by atoms with Gasteiger partial charge in [0.15, 0.2) is 6.61 Å². The molecule has 2 bridgehead atoms. The number of fused-ring (bicyclic) bond motifs is 2. The molecule has 1 N–H and O–H groups in total. The van der Waals surface area contributed by atoms with E-state index in [9.17, 15) is 14.0 Å². The molecule has 2 saturated heterocycles. The topological polar surface area (TPSA) is 76.1 Å². The molecule has 2 aliphatic heterocycles. The molecule has 1 amide bonds. The van der Waals surface area contributed by atoms with Gasteiger partial charge in [-0.15, -0.1) is 0 Å². The number of carboxylic acid groups (broad SMARTS) is 1. The molecule has 2 aliphatic rings. The quantitative estimate of drug-likeness (QED) is 0.628. The van der Waals surface area contributed by atoms with Crippen LogP contribution < -0.4 is 9.47 Å². The van der Waals surface area contributed by atoms with Crippen molar-refractivity contribution in [3.63, 3.8) is 0 Å². The summed E-state index contributed by atoms with van der Waals surface area (Å²) in [5.41, 5.74) is 0.518. The number of halogens is 2. The molecule has 4 rings (SSSR count). The highest BCUT2D eigenvalue weighted by molar-refractivity contribution is 9.10. The average Bonchev–Trinajstić information content (AvgIpc) is 2.99. The first-order chi connectivity index (χ1) is 14.9. The maximum absolute atomic E-state index is 13.1. The van der Waals surface area contributed by atoms with Crippen molar-refractivity contribution in [2.75, 3.05) is 6.61 Å². The lowest BCUT2D eigenvalue weighted by atomic mass is 9.99. The molecule has 2 aromatic rings. The third-order valence-electron chi connectivity index (χ3n) is 5.81. The molecule has 2 fully saturated rings. The second kappa shape index (κ2) is 9.26. The van der Waals surface area contributed by atoms with Crippen molar-refractivity contribution in [2.45, 2.75) is 50.3 Å². The number of carbonyl (C=O) groups is 2. The Morgan fingerprint density at radius 3 is 2.42 bits per heavy atom. The zero-order valence-corrected chi connectivity index (χ0v) is 18.4. The Labute approximate surface area is 188 Å². The van der Waals surface area contributed by atoms with E-state index >= 15 is 0 Å². The number of carbonyl (C=O) groups excluding carboxylic acids is 1. The first-order valence-corrected chi connectivity index (χ1v) is 11.0. The van der Waals surface area contributed by atoms with Crippen LogP contribution in [0, 0.1) is 5.82 Å². The second-order valence-corrected chi connectivity index (χ2v) is 8.88. The molecule has 2 heterocycles. The zero-order valence-electron chi connectivity index (χ0n) is 16.8. The van der Waals surface area contributed by atoms with Crippen LogP contribution in [0.4, 0.5) is 4.39 Å². The number of amides is 1. The van der Waals surface area contributed by atoms with E-state index in [1.807, 2.05) is 4.90 Å². The molecule has 8 heteroatoms. The third kappa shape index (κ3) is 5.18. The van der Waals surface area contributed by atoms with Crippen molar-refractivity contribution < 1.29 is 28.6 Å². The van der Waals surface area contributed by atoms with Crippen LogP contribution in [0.1, 0.15) is 31.2 Å². The molecule has 2 aromatic carbocycles. The maximum Gasteiger partial charge on any atom is 0.307 e. The molecule has 164 valence electrons. The minimum absolute atomic E-state index is 0.0124. The largest absolute Gasteiger partial charge is 0.490 e. The molecule has 0 radical (unpaired) electrons. The molecule has 0 saturated carbocycles. The number of hydrogen-bond donors (Lipinski definition) is 1. The number of ether oxygens (including phenoxy) is 2. The van der Waals surface area contributed by atoms with E-state index in [4.69, 9.17) is 14.6 Å². The molecule has 2 unspecified atom stereocenters. The minimum atomic E-state index is -0.962. The fraction of sp³-hybridized carbons (Fsp3) is 0.391. The summed E-state index contributed by atoms with van der Waals surface area (Å²) in [6.07, 6.45) is 3.09. The van der Waals surface area contributed by atoms with Crippen molar-refractivity contribution in [1.29, 1.82) is 0 Å². The number of rotatable bonds is 7. The summed E-state index contributed by atoms with van der Waals surface area (Å²) in [6.45, 7) is -0.134. The molecular weight excluding hydrogens is 469 g/mol. The summed E-state index contributed by atoms with van der Waals surface area (Å²) in [4.78, 5) is 25.9. The highest BCUT2D eigenvalue weighted by atomic mass is 79.9. The SMILES string of the molecule is O=C(O)Cc1cc(Br)ccc1OCC(=O)N1C2CCC1CC(Oc1ccc(F)cc1)C2. The van der Waals surface area contributed by atoms with Gasteiger partial charge in [-0.2, -0.15) is 0 Å². The van der Waals surface area contributed by atoms with Crippen LogP contribution in [-0.2, 0) is 16.0 Å². The fourth-order valence-corrected chi connectivity index (χ4v) is 4.95. The Morgan fingerprint density at radius 1 is 1.10 bits per heavy atom. The molecule has 0 aromatic heterocycles. The van der Waals surface area contributed by atoms with Gasteiger partial charge in [-0.05, 0) is 55.3 Å². The van der Waals surface area contributed by atoms with Crippen LogP contribution in [0.2, 0.25) is 0 Å². The van der Waals surface area contributed by atoms with E-state index in [0.29, 0.717) is 17.1 Å². The van der Waals surface area contributed by atoms with E-state index in [-0.39, 0.29) is 42.9 Å². The molecule has 6 nitrogen and oxygen atoms in total. The van der Waals surface area contributed by atoms with Gasteiger partial charge >= 0.3 is 5.97 Å². The Kier molecular flexibility index (Phi) is 6.46. The molecule has 0 aliphatic carbocycles. The Hall–Kier alpha value is -2.61. The normalized spacial score (nSPS) is 22.3. The van der Waals surface area contributed by atoms with Crippen LogP contribution in [0.25, 0.3) is 0 Å².